The third-order valence-corrected chi connectivity index (χ3v) is 2.43. The predicted molar refractivity (Wildman–Crippen MR) is 64.5 cm³/mol. The van der Waals surface area contributed by atoms with Crippen LogP contribution in [0.1, 0.15) is 19.8 Å². The predicted octanol–water partition coefficient (Wildman–Crippen LogP) is 0.599. The van der Waals surface area contributed by atoms with Gasteiger partial charge >= 0.3 is 0 Å². The molecule has 1 rings (SSSR count). The highest BCUT2D eigenvalue weighted by Crippen LogP contribution is 1.93. The lowest BCUT2D eigenvalue weighted by Gasteiger charge is -2.11. The molecule has 0 spiro atoms. The molecule has 0 radical (unpaired) electrons. The van der Waals surface area contributed by atoms with Gasteiger partial charge in [-0.1, -0.05) is 19.4 Å². The molecule has 1 unspecified atom stereocenters. The van der Waals surface area contributed by atoms with Gasteiger partial charge in [-0.2, -0.15) is 0 Å². The van der Waals surface area contributed by atoms with Gasteiger partial charge in [-0.05, 0) is 12.5 Å². The number of hydrogen-bond donors (Lipinski definition) is 2. The van der Waals surface area contributed by atoms with E-state index in [4.69, 9.17) is 0 Å². The maximum absolute atomic E-state index is 11.3. The molecule has 0 saturated carbocycles. The number of nitrogens with one attached hydrogen (secondary N) is 1. The van der Waals surface area contributed by atoms with Crippen molar-refractivity contribution in [2.75, 3.05) is 13.1 Å². The molecule has 0 aliphatic rings. The Morgan fingerprint density at radius 3 is 3.00 bits per heavy atom. The maximum atomic E-state index is 11.3. The molecule has 1 heterocycles. The van der Waals surface area contributed by atoms with Crippen molar-refractivity contribution in [3.8, 4) is 0 Å². The van der Waals surface area contributed by atoms with E-state index in [-0.39, 0.29) is 11.7 Å². The molecule has 2 N–H and O–H groups in total. The molecule has 0 bridgehead atoms. The molecule has 16 heavy (non-hydrogen) atoms. The van der Waals surface area contributed by atoms with Gasteiger partial charge in [0.05, 0.1) is 6.10 Å². The van der Waals surface area contributed by atoms with Gasteiger partial charge < -0.3 is 15.0 Å². The van der Waals surface area contributed by atoms with Gasteiger partial charge in [0, 0.05) is 31.9 Å². The Balaban J connectivity index is 2.21. The summed E-state index contributed by atoms with van der Waals surface area (Å²) in [5.74, 6) is 0. The summed E-state index contributed by atoms with van der Waals surface area (Å²) in [6, 6.07) is 5.12. The first-order chi connectivity index (χ1) is 7.74. The van der Waals surface area contributed by atoms with Crippen LogP contribution in [0.15, 0.2) is 29.2 Å². The van der Waals surface area contributed by atoms with Crippen LogP contribution in [0.3, 0.4) is 0 Å². The standard InChI is InChI=1S/C12H20N2O2/c1-2-5-11(15)10-13-7-9-14-8-4-3-6-12(14)16/h3-4,6,8,11,13,15H,2,5,7,9-10H2,1H3. The van der Waals surface area contributed by atoms with E-state index in [2.05, 4.69) is 5.32 Å². The smallest absolute Gasteiger partial charge is 0.250 e. The monoisotopic (exact) mass is 224 g/mol. The van der Waals surface area contributed by atoms with Crippen LogP contribution in [0.4, 0.5) is 0 Å². The van der Waals surface area contributed by atoms with Crippen molar-refractivity contribution in [3.63, 3.8) is 0 Å². The summed E-state index contributed by atoms with van der Waals surface area (Å²) in [4.78, 5) is 11.3. The lowest BCUT2D eigenvalue weighted by Crippen LogP contribution is -2.31. The van der Waals surface area contributed by atoms with Gasteiger partial charge in [0.2, 0.25) is 0 Å². The minimum atomic E-state index is -0.280. The molecule has 0 saturated heterocycles. The molecule has 1 atom stereocenters. The second-order valence-electron chi connectivity index (χ2n) is 3.88. The number of nitrogens with zero attached hydrogens (tertiary/aromatic N) is 1. The first-order valence-corrected chi connectivity index (χ1v) is 5.78. The van der Waals surface area contributed by atoms with Crippen molar-refractivity contribution >= 4 is 0 Å². The Morgan fingerprint density at radius 2 is 2.31 bits per heavy atom. The van der Waals surface area contributed by atoms with Gasteiger partial charge in [0.15, 0.2) is 0 Å². The third kappa shape index (κ3) is 4.59. The first-order valence-electron chi connectivity index (χ1n) is 5.78. The van der Waals surface area contributed by atoms with Crippen LogP contribution >= 0.6 is 0 Å². The largest absolute Gasteiger partial charge is 0.392 e. The van der Waals surface area contributed by atoms with Crippen molar-refractivity contribution in [1.82, 2.24) is 9.88 Å². The summed E-state index contributed by atoms with van der Waals surface area (Å²) in [5, 5.41) is 12.6. The number of aliphatic hydroxyl groups is 1. The highest BCUT2D eigenvalue weighted by molar-refractivity contribution is 4.93. The van der Waals surface area contributed by atoms with Gasteiger partial charge in [0.25, 0.3) is 5.56 Å². The SMILES string of the molecule is CCCC(O)CNCCn1ccccc1=O. The van der Waals surface area contributed by atoms with Gasteiger partial charge in [-0.15, -0.1) is 0 Å². The Morgan fingerprint density at radius 1 is 1.50 bits per heavy atom. The molecule has 0 aliphatic heterocycles. The van der Waals surface area contributed by atoms with Crippen molar-refractivity contribution in [1.29, 1.82) is 0 Å². The molecule has 0 aromatic carbocycles. The fraction of sp³-hybridized carbons (Fsp3) is 0.583. The molecule has 0 fully saturated rings. The van der Waals surface area contributed by atoms with E-state index in [1.54, 1.807) is 22.9 Å². The Kier molecular flexibility index (Phi) is 5.82. The van der Waals surface area contributed by atoms with Crippen LogP contribution in [0, 0.1) is 0 Å². The van der Waals surface area contributed by atoms with Crippen LogP contribution in [-0.4, -0.2) is 28.9 Å². The van der Waals surface area contributed by atoms with E-state index in [0.29, 0.717) is 19.6 Å². The summed E-state index contributed by atoms with van der Waals surface area (Å²) < 4.78 is 1.65. The fourth-order valence-electron chi connectivity index (χ4n) is 1.55. The summed E-state index contributed by atoms with van der Waals surface area (Å²) >= 11 is 0. The Hall–Kier alpha value is -1.13. The maximum Gasteiger partial charge on any atom is 0.250 e. The zero-order valence-corrected chi connectivity index (χ0v) is 9.72. The van der Waals surface area contributed by atoms with Crippen LogP contribution in [0.25, 0.3) is 0 Å². The summed E-state index contributed by atoms with van der Waals surface area (Å²) in [7, 11) is 0. The van der Waals surface area contributed by atoms with E-state index in [1.165, 1.54) is 0 Å². The number of rotatable bonds is 7. The summed E-state index contributed by atoms with van der Waals surface area (Å²) in [5.41, 5.74) is 0.0124. The number of pyridine rings is 1. The second-order valence-corrected chi connectivity index (χ2v) is 3.88. The van der Waals surface area contributed by atoms with Gasteiger partial charge in [0.1, 0.15) is 0 Å². The second kappa shape index (κ2) is 7.19. The number of hydrogen-bond acceptors (Lipinski definition) is 3. The van der Waals surface area contributed by atoms with Gasteiger partial charge in [-0.3, -0.25) is 4.79 Å². The highest BCUT2D eigenvalue weighted by Gasteiger charge is 2.01. The zero-order valence-electron chi connectivity index (χ0n) is 9.72. The number of aromatic nitrogens is 1. The fourth-order valence-corrected chi connectivity index (χ4v) is 1.55. The van der Waals surface area contributed by atoms with Crippen LogP contribution < -0.4 is 10.9 Å². The average Bonchev–Trinajstić information content (AvgIpc) is 2.27. The van der Waals surface area contributed by atoms with Crippen LogP contribution in [-0.2, 0) is 6.54 Å². The van der Waals surface area contributed by atoms with E-state index >= 15 is 0 Å². The molecule has 90 valence electrons. The van der Waals surface area contributed by atoms with Crippen LogP contribution in [0.5, 0.6) is 0 Å². The molecule has 0 amide bonds. The summed E-state index contributed by atoms with van der Waals surface area (Å²) in [6.45, 7) is 3.98. The molecule has 4 heteroatoms. The third-order valence-electron chi connectivity index (χ3n) is 2.43. The molecule has 1 aromatic rings. The quantitative estimate of drug-likeness (QED) is 0.667. The minimum Gasteiger partial charge on any atom is -0.392 e. The first kappa shape index (κ1) is 12.9. The van der Waals surface area contributed by atoms with Crippen molar-refractivity contribution < 1.29 is 5.11 Å². The molecule has 0 aliphatic carbocycles. The topological polar surface area (TPSA) is 54.3 Å². The van der Waals surface area contributed by atoms with E-state index in [1.807, 2.05) is 13.0 Å². The number of aliphatic hydroxyl groups excluding tert-OH is 1. The van der Waals surface area contributed by atoms with Gasteiger partial charge in [-0.25, -0.2) is 0 Å². The molecule has 4 nitrogen and oxygen atoms in total. The summed E-state index contributed by atoms with van der Waals surface area (Å²) in [6.07, 6.45) is 3.30. The minimum absolute atomic E-state index is 0.0124. The molecule has 1 aromatic heterocycles. The Bertz CT molecular complexity index is 349. The van der Waals surface area contributed by atoms with Crippen molar-refractivity contribution in [2.45, 2.75) is 32.4 Å². The molecular formula is C12H20N2O2. The average molecular weight is 224 g/mol. The lowest BCUT2D eigenvalue weighted by molar-refractivity contribution is 0.160. The lowest BCUT2D eigenvalue weighted by atomic mass is 10.2. The van der Waals surface area contributed by atoms with E-state index < -0.39 is 0 Å². The van der Waals surface area contributed by atoms with Crippen molar-refractivity contribution in [2.24, 2.45) is 0 Å². The normalized spacial score (nSPS) is 12.6. The van der Waals surface area contributed by atoms with Crippen molar-refractivity contribution in [3.05, 3.63) is 34.7 Å². The van der Waals surface area contributed by atoms with E-state index in [0.717, 1.165) is 12.8 Å². The van der Waals surface area contributed by atoms with Crippen LogP contribution in [0.2, 0.25) is 0 Å². The van der Waals surface area contributed by atoms with E-state index in [9.17, 15) is 9.90 Å². The molecular weight excluding hydrogens is 204 g/mol. The Labute approximate surface area is 95.9 Å². The zero-order chi connectivity index (χ0) is 11.8. The highest BCUT2D eigenvalue weighted by atomic mass is 16.3.